The highest BCUT2D eigenvalue weighted by Gasteiger charge is 1.92. The molecule has 0 saturated heterocycles. The Balaban J connectivity index is 2.89. The number of alkyl halides is 1. The second kappa shape index (κ2) is 4.67. The minimum atomic E-state index is 0.269. The Bertz CT molecular complexity index is 299. The predicted octanol–water partition coefficient (Wildman–Crippen LogP) is 2.52. The largest absolute Gasteiger partial charge is 0.386 e. The molecule has 2 N–H and O–H groups in total. The molecule has 0 fully saturated rings. The Kier molecular flexibility index (Phi) is 3.81. The number of hydrogen-bond acceptors (Lipinski definition) is 1. The minimum absolute atomic E-state index is 0.269. The van der Waals surface area contributed by atoms with E-state index in [0.29, 0.717) is 5.84 Å². The molecule has 0 heterocycles. The van der Waals surface area contributed by atoms with Crippen LogP contribution in [-0.4, -0.2) is 11.7 Å². The Morgan fingerprint density at radius 1 is 1.58 bits per heavy atom. The maximum Gasteiger partial charge on any atom is 0.115 e. The highest BCUT2D eigenvalue weighted by Crippen LogP contribution is 2.15. The van der Waals surface area contributed by atoms with Gasteiger partial charge in [0.2, 0.25) is 0 Å². The van der Waals surface area contributed by atoms with Crippen molar-refractivity contribution in [2.75, 3.05) is 5.88 Å². The summed E-state index contributed by atoms with van der Waals surface area (Å²) < 4.78 is 1.14. The van der Waals surface area contributed by atoms with E-state index in [4.69, 9.17) is 17.3 Å². The van der Waals surface area contributed by atoms with E-state index >= 15 is 0 Å². The van der Waals surface area contributed by atoms with Crippen molar-refractivity contribution < 1.29 is 0 Å². The molecule has 0 bridgehead atoms. The van der Waals surface area contributed by atoms with Crippen LogP contribution in [0.4, 0.5) is 5.69 Å². The average Bonchev–Trinajstić information content (AvgIpc) is 2.04. The minimum Gasteiger partial charge on any atom is -0.386 e. The van der Waals surface area contributed by atoms with Gasteiger partial charge in [0.1, 0.15) is 5.84 Å². The molecule has 1 aromatic rings. The second-order valence-corrected chi connectivity index (χ2v) is 3.73. The first-order chi connectivity index (χ1) is 5.72. The van der Waals surface area contributed by atoms with Crippen molar-refractivity contribution in [3.63, 3.8) is 0 Å². The van der Waals surface area contributed by atoms with Gasteiger partial charge in [-0.1, -0.05) is 6.07 Å². The van der Waals surface area contributed by atoms with Crippen molar-refractivity contribution in [3.8, 4) is 0 Å². The van der Waals surface area contributed by atoms with E-state index in [1.165, 1.54) is 0 Å². The van der Waals surface area contributed by atoms with E-state index in [-0.39, 0.29) is 5.88 Å². The van der Waals surface area contributed by atoms with Gasteiger partial charge in [-0.05, 0) is 40.8 Å². The summed E-state index contributed by atoms with van der Waals surface area (Å²) in [4.78, 5) is 4.10. The van der Waals surface area contributed by atoms with Gasteiger partial charge in [-0.15, -0.1) is 11.6 Å². The van der Waals surface area contributed by atoms with Gasteiger partial charge >= 0.3 is 0 Å². The lowest BCUT2D eigenvalue weighted by Crippen LogP contribution is -2.12. The third kappa shape index (κ3) is 2.98. The summed E-state index contributed by atoms with van der Waals surface area (Å²) in [6.07, 6.45) is 0. The number of nitrogens with zero attached hydrogens (tertiary/aromatic N) is 1. The van der Waals surface area contributed by atoms with E-state index in [1.54, 1.807) is 0 Å². The molecule has 0 saturated carbocycles. The van der Waals surface area contributed by atoms with E-state index in [1.807, 2.05) is 24.3 Å². The molecule has 0 aliphatic rings. The van der Waals surface area contributed by atoms with Gasteiger partial charge in [-0.25, -0.2) is 4.99 Å². The van der Waals surface area contributed by atoms with Crippen molar-refractivity contribution in [1.29, 1.82) is 0 Å². The molecule has 0 aliphatic heterocycles. The molecule has 0 unspecified atom stereocenters. The molecule has 0 amide bonds. The molecule has 0 radical (unpaired) electrons. The van der Waals surface area contributed by atoms with Gasteiger partial charge in [0.05, 0.1) is 11.6 Å². The lowest BCUT2D eigenvalue weighted by molar-refractivity contribution is 1.44. The van der Waals surface area contributed by atoms with E-state index < -0.39 is 0 Å². The molecule has 0 spiro atoms. The van der Waals surface area contributed by atoms with Gasteiger partial charge in [0.25, 0.3) is 0 Å². The zero-order valence-corrected chi connectivity index (χ0v) is 9.21. The van der Waals surface area contributed by atoms with Crippen LogP contribution in [0.25, 0.3) is 0 Å². The van der Waals surface area contributed by atoms with Crippen molar-refractivity contribution in [2.45, 2.75) is 0 Å². The van der Waals surface area contributed by atoms with E-state index in [9.17, 15) is 0 Å². The number of rotatable bonds is 2. The molecule has 12 heavy (non-hydrogen) atoms. The van der Waals surface area contributed by atoms with Crippen molar-refractivity contribution >= 4 is 45.7 Å². The zero-order valence-electron chi connectivity index (χ0n) is 6.30. The molecule has 0 aromatic heterocycles. The monoisotopic (exact) mass is 294 g/mol. The number of amidine groups is 1. The standard InChI is InChI=1S/C8H8ClIN2/c9-5-8(11)12-7-3-1-2-6(10)4-7/h1-4H,5H2,(H2,11,12). The maximum atomic E-state index is 5.48. The summed E-state index contributed by atoms with van der Waals surface area (Å²) in [7, 11) is 0. The van der Waals surface area contributed by atoms with Crippen LogP contribution in [0.3, 0.4) is 0 Å². The normalized spacial score (nSPS) is 11.7. The van der Waals surface area contributed by atoms with E-state index in [0.717, 1.165) is 9.26 Å². The maximum absolute atomic E-state index is 5.48. The average molecular weight is 295 g/mol. The van der Waals surface area contributed by atoms with Crippen molar-refractivity contribution in [3.05, 3.63) is 27.8 Å². The number of halogens is 2. The molecule has 0 atom stereocenters. The van der Waals surface area contributed by atoms with Gasteiger partial charge in [-0.2, -0.15) is 0 Å². The molecular weight excluding hydrogens is 286 g/mol. The fraction of sp³-hybridized carbons (Fsp3) is 0.125. The van der Waals surface area contributed by atoms with Gasteiger partial charge in [-0.3, -0.25) is 0 Å². The van der Waals surface area contributed by atoms with Crippen molar-refractivity contribution in [2.24, 2.45) is 10.7 Å². The first-order valence-corrected chi connectivity index (χ1v) is 4.98. The van der Waals surface area contributed by atoms with Crippen LogP contribution in [0.15, 0.2) is 29.3 Å². The van der Waals surface area contributed by atoms with Gasteiger partial charge in [0, 0.05) is 3.57 Å². The number of hydrogen-bond donors (Lipinski definition) is 1. The Morgan fingerprint density at radius 2 is 2.33 bits per heavy atom. The summed E-state index contributed by atoms with van der Waals surface area (Å²) in [6.45, 7) is 0. The third-order valence-electron chi connectivity index (χ3n) is 1.22. The predicted molar refractivity (Wildman–Crippen MR) is 61.2 cm³/mol. The fourth-order valence-electron chi connectivity index (χ4n) is 0.741. The van der Waals surface area contributed by atoms with Crippen LogP contribution in [0.2, 0.25) is 0 Å². The fourth-order valence-corrected chi connectivity index (χ4v) is 1.33. The lowest BCUT2D eigenvalue weighted by Gasteiger charge is -1.96. The molecule has 1 rings (SSSR count). The Morgan fingerprint density at radius 3 is 2.92 bits per heavy atom. The molecule has 2 nitrogen and oxygen atoms in total. The number of benzene rings is 1. The summed E-state index contributed by atoms with van der Waals surface area (Å²) in [6, 6.07) is 7.76. The quantitative estimate of drug-likeness (QED) is 0.387. The van der Waals surface area contributed by atoms with E-state index in [2.05, 4.69) is 27.6 Å². The second-order valence-electron chi connectivity index (χ2n) is 2.22. The highest BCUT2D eigenvalue weighted by molar-refractivity contribution is 14.1. The zero-order chi connectivity index (χ0) is 8.97. The summed E-state index contributed by atoms with van der Waals surface area (Å²) in [5.74, 6) is 0.713. The van der Waals surface area contributed by atoms with Crippen LogP contribution in [-0.2, 0) is 0 Å². The van der Waals surface area contributed by atoms with Crippen LogP contribution in [0.1, 0.15) is 0 Å². The number of nitrogens with two attached hydrogens (primary N) is 1. The molecular formula is C8H8ClIN2. The van der Waals surface area contributed by atoms with Crippen LogP contribution >= 0.6 is 34.2 Å². The lowest BCUT2D eigenvalue weighted by atomic mass is 10.3. The molecule has 64 valence electrons. The Labute approximate surface area is 90.0 Å². The molecule has 1 aromatic carbocycles. The summed E-state index contributed by atoms with van der Waals surface area (Å²) >= 11 is 7.71. The van der Waals surface area contributed by atoms with Crippen LogP contribution < -0.4 is 5.73 Å². The first-order valence-electron chi connectivity index (χ1n) is 3.37. The SMILES string of the molecule is NC(CCl)=Nc1cccc(I)c1. The van der Waals surface area contributed by atoms with Crippen LogP contribution in [0.5, 0.6) is 0 Å². The van der Waals surface area contributed by atoms with Crippen LogP contribution in [0, 0.1) is 3.57 Å². The van der Waals surface area contributed by atoms with Gasteiger partial charge in [0.15, 0.2) is 0 Å². The summed E-state index contributed by atoms with van der Waals surface area (Å²) in [5, 5.41) is 0. The molecule has 0 aliphatic carbocycles. The number of aliphatic imine (C=N–C) groups is 1. The topological polar surface area (TPSA) is 38.4 Å². The molecule has 4 heteroatoms. The third-order valence-corrected chi connectivity index (χ3v) is 2.16. The Hall–Kier alpha value is -0.290. The summed E-state index contributed by atoms with van der Waals surface area (Å²) in [5.41, 5.74) is 6.32. The highest BCUT2D eigenvalue weighted by atomic mass is 127. The first kappa shape index (κ1) is 9.80. The van der Waals surface area contributed by atoms with Crippen molar-refractivity contribution in [1.82, 2.24) is 0 Å². The smallest absolute Gasteiger partial charge is 0.115 e. The van der Waals surface area contributed by atoms with Gasteiger partial charge < -0.3 is 5.73 Å².